The van der Waals surface area contributed by atoms with Crippen molar-refractivity contribution in [2.24, 2.45) is 0 Å². The second-order valence-electron chi connectivity index (χ2n) is 6.99. The molecule has 26 heavy (non-hydrogen) atoms. The van der Waals surface area contributed by atoms with Crippen molar-refractivity contribution >= 4 is 5.91 Å². The van der Waals surface area contributed by atoms with Crippen LogP contribution < -0.4 is 0 Å². The quantitative estimate of drug-likeness (QED) is 0.843. The molecule has 0 N–H and O–H groups in total. The van der Waals surface area contributed by atoms with Gasteiger partial charge in [0.2, 0.25) is 5.91 Å². The number of hydrogen-bond acceptors (Lipinski definition) is 4. The topological polar surface area (TPSA) is 49.6 Å². The molecule has 2 aliphatic heterocycles. The van der Waals surface area contributed by atoms with Crippen molar-refractivity contribution in [3.05, 3.63) is 41.2 Å². The first-order chi connectivity index (χ1) is 12.5. The van der Waals surface area contributed by atoms with Gasteiger partial charge in [0, 0.05) is 43.7 Å². The molecule has 3 heterocycles. The SMILES string of the molecule is CC(C(=O)N1CCCC1)N1CCc2onc(-c3ccc(F)c(F)c3)c2C1. The maximum atomic E-state index is 13.6. The number of likely N-dealkylation sites (tertiary alicyclic amines) is 1. The van der Waals surface area contributed by atoms with Crippen molar-refractivity contribution in [1.29, 1.82) is 0 Å². The van der Waals surface area contributed by atoms with Gasteiger partial charge in [0.05, 0.1) is 6.04 Å². The Kier molecular flexibility index (Phi) is 4.48. The number of hydrogen-bond donors (Lipinski definition) is 0. The van der Waals surface area contributed by atoms with Crippen LogP contribution in [0, 0.1) is 11.6 Å². The van der Waals surface area contributed by atoms with Crippen LogP contribution in [0.5, 0.6) is 0 Å². The van der Waals surface area contributed by atoms with Gasteiger partial charge in [0.25, 0.3) is 0 Å². The van der Waals surface area contributed by atoms with Crippen LogP contribution in [0.3, 0.4) is 0 Å². The van der Waals surface area contributed by atoms with Gasteiger partial charge >= 0.3 is 0 Å². The van der Waals surface area contributed by atoms with Crippen molar-refractivity contribution in [3.63, 3.8) is 0 Å². The summed E-state index contributed by atoms with van der Waals surface area (Å²) in [6.07, 6.45) is 2.77. The summed E-state index contributed by atoms with van der Waals surface area (Å²) in [4.78, 5) is 16.7. The first-order valence-electron chi connectivity index (χ1n) is 9.00. The van der Waals surface area contributed by atoms with Crippen LogP contribution in [0.2, 0.25) is 0 Å². The molecule has 0 saturated carbocycles. The van der Waals surface area contributed by atoms with Gasteiger partial charge in [-0.1, -0.05) is 5.16 Å². The normalized spacial score (nSPS) is 18.8. The number of nitrogens with zero attached hydrogens (tertiary/aromatic N) is 3. The average Bonchev–Trinajstić information content (AvgIpc) is 3.32. The third-order valence-corrected chi connectivity index (χ3v) is 5.37. The molecule has 1 aromatic heterocycles. The molecule has 5 nitrogen and oxygen atoms in total. The van der Waals surface area contributed by atoms with E-state index in [0.717, 1.165) is 49.4 Å². The minimum Gasteiger partial charge on any atom is -0.360 e. The van der Waals surface area contributed by atoms with E-state index in [0.29, 0.717) is 30.8 Å². The number of carbonyl (C=O) groups excluding carboxylic acids is 1. The molecule has 0 aliphatic carbocycles. The molecule has 1 amide bonds. The van der Waals surface area contributed by atoms with Crippen LogP contribution in [0.4, 0.5) is 8.78 Å². The Hall–Kier alpha value is -2.28. The summed E-state index contributed by atoms with van der Waals surface area (Å²) < 4.78 is 32.2. The third kappa shape index (κ3) is 3.00. The van der Waals surface area contributed by atoms with Crippen LogP contribution in [0.15, 0.2) is 22.7 Å². The number of halogens is 2. The van der Waals surface area contributed by atoms with E-state index in [4.69, 9.17) is 4.52 Å². The Morgan fingerprint density at radius 2 is 1.96 bits per heavy atom. The fraction of sp³-hybridized carbons (Fsp3) is 0.474. The molecule has 1 aromatic carbocycles. The molecule has 138 valence electrons. The summed E-state index contributed by atoms with van der Waals surface area (Å²) in [6.45, 7) is 4.80. The molecule has 0 radical (unpaired) electrons. The smallest absolute Gasteiger partial charge is 0.239 e. The largest absolute Gasteiger partial charge is 0.360 e. The zero-order chi connectivity index (χ0) is 18.3. The average molecular weight is 361 g/mol. The lowest BCUT2D eigenvalue weighted by atomic mass is 10.00. The Bertz CT molecular complexity index is 830. The van der Waals surface area contributed by atoms with Crippen LogP contribution in [0.25, 0.3) is 11.3 Å². The van der Waals surface area contributed by atoms with Gasteiger partial charge in [-0.05, 0) is 38.0 Å². The Morgan fingerprint density at radius 3 is 2.69 bits per heavy atom. The van der Waals surface area contributed by atoms with E-state index in [1.165, 1.54) is 6.07 Å². The molecule has 0 bridgehead atoms. The summed E-state index contributed by atoms with van der Waals surface area (Å²) in [5.41, 5.74) is 1.85. The highest BCUT2D eigenvalue weighted by atomic mass is 19.2. The van der Waals surface area contributed by atoms with Gasteiger partial charge in [-0.2, -0.15) is 0 Å². The van der Waals surface area contributed by atoms with Gasteiger partial charge in [-0.3, -0.25) is 9.69 Å². The zero-order valence-electron chi connectivity index (χ0n) is 14.7. The van der Waals surface area contributed by atoms with Crippen LogP contribution in [-0.4, -0.2) is 46.5 Å². The van der Waals surface area contributed by atoms with E-state index in [1.54, 1.807) is 0 Å². The van der Waals surface area contributed by atoms with Crippen molar-refractivity contribution in [1.82, 2.24) is 15.0 Å². The number of carbonyl (C=O) groups is 1. The standard InChI is InChI=1S/C19H21F2N3O2/c1-12(19(25)23-7-2-3-8-23)24-9-6-17-14(11-24)18(22-26-17)13-4-5-15(20)16(21)10-13/h4-5,10,12H,2-3,6-9,11H2,1H3. The van der Waals surface area contributed by atoms with Crippen molar-refractivity contribution < 1.29 is 18.1 Å². The first-order valence-corrected chi connectivity index (χ1v) is 9.00. The summed E-state index contributed by atoms with van der Waals surface area (Å²) >= 11 is 0. The maximum absolute atomic E-state index is 13.6. The number of rotatable bonds is 3. The fourth-order valence-corrected chi connectivity index (χ4v) is 3.79. The fourth-order valence-electron chi connectivity index (χ4n) is 3.79. The van der Waals surface area contributed by atoms with E-state index in [9.17, 15) is 13.6 Å². The summed E-state index contributed by atoms with van der Waals surface area (Å²) in [6, 6.07) is 3.49. The number of fused-ring (bicyclic) bond motifs is 1. The van der Waals surface area contributed by atoms with E-state index >= 15 is 0 Å². The van der Waals surface area contributed by atoms with Gasteiger partial charge in [-0.25, -0.2) is 8.78 Å². The summed E-state index contributed by atoms with van der Waals surface area (Å²) in [5, 5.41) is 4.07. The maximum Gasteiger partial charge on any atom is 0.239 e. The van der Waals surface area contributed by atoms with Gasteiger partial charge in [-0.15, -0.1) is 0 Å². The van der Waals surface area contributed by atoms with E-state index in [2.05, 4.69) is 10.1 Å². The highest BCUT2D eigenvalue weighted by Gasteiger charge is 2.32. The molecule has 1 saturated heterocycles. The monoisotopic (exact) mass is 361 g/mol. The number of amides is 1. The van der Waals surface area contributed by atoms with Gasteiger partial charge in [0.15, 0.2) is 11.6 Å². The number of aromatic nitrogens is 1. The Morgan fingerprint density at radius 1 is 1.19 bits per heavy atom. The minimum absolute atomic E-state index is 0.150. The minimum atomic E-state index is -0.913. The number of benzene rings is 1. The van der Waals surface area contributed by atoms with Gasteiger partial charge < -0.3 is 9.42 Å². The highest BCUT2D eigenvalue weighted by Crippen LogP contribution is 2.31. The second-order valence-corrected chi connectivity index (χ2v) is 6.99. The third-order valence-electron chi connectivity index (χ3n) is 5.37. The van der Waals surface area contributed by atoms with E-state index in [1.807, 2.05) is 11.8 Å². The molecular formula is C19H21F2N3O2. The van der Waals surface area contributed by atoms with Gasteiger partial charge in [0.1, 0.15) is 11.5 Å². The molecule has 0 spiro atoms. The summed E-state index contributed by atoms with van der Waals surface area (Å²) in [5.74, 6) is -0.902. The molecule has 2 aromatic rings. The summed E-state index contributed by atoms with van der Waals surface area (Å²) in [7, 11) is 0. The lowest BCUT2D eigenvalue weighted by molar-refractivity contribution is -0.135. The zero-order valence-corrected chi connectivity index (χ0v) is 14.7. The van der Waals surface area contributed by atoms with Crippen molar-refractivity contribution in [3.8, 4) is 11.3 Å². The van der Waals surface area contributed by atoms with Crippen LogP contribution in [0.1, 0.15) is 31.1 Å². The second kappa shape index (κ2) is 6.79. The van der Waals surface area contributed by atoms with E-state index in [-0.39, 0.29) is 11.9 Å². The lowest BCUT2D eigenvalue weighted by Crippen LogP contribution is -2.47. The van der Waals surface area contributed by atoms with E-state index < -0.39 is 11.6 Å². The highest BCUT2D eigenvalue weighted by molar-refractivity contribution is 5.81. The molecule has 7 heteroatoms. The molecule has 1 atom stereocenters. The molecular weight excluding hydrogens is 340 g/mol. The van der Waals surface area contributed by atoms with Crippen molar-refractivity contribution in [2.75, 3.05) is 19.6 Å². The van der Waals surface area contributed by atoms with Crippen LogP contribution in [-0.2, 0) is 17.8 Å². The Balaban J connectivity index is 1.57. The molecule has 4 rings (SSSR count). The lowest BCUT2D eigenvalue weighted by Gasteiger charge is -2.33. The molecule has 1 fully saturated rings. The Labute approximate surface area is 150 Å². The van der Waals surface area contributed by atoms with Crippen LogP contribution >= 0.6 is 0 Å². The first kappa shape index (κ1) is 17.1. The van der Waals surface area contributed by atoms with Crippen molar-refractivity contribution in [2.45, 2.75) is 38.8 Å². The predicted molar refractivity (Wildman–Crippen MR) is 91.2 cm³/mol. The predicted octanol–water partition coefficient (Wildman–Crippen LogP) is 2.99. The molecule has 2 aliphatic rings. The molecule has 1 unspecified atom stereocenters.